The number of anilines is 1. The maximum Gasteiger partial charge on any atom is 0.338 e. The number of hydrogen-bond acceptors (Lipinski definition) is 5. The van der Waals surface area contributed by atoms with Gasteiger partial charge in [0.15, 0.2) is 0 Å². The zero-order valence-corrected chi connectivity index (χ0v) is 16.2. The summed E-state index contributed by atoms with van der Waals surface area (Å²) in [5, 5.41) is 7.60. The lowest BCUT2D eigenvalue weighted by atomic mass is 9.93. The number of rotatable bonds is 4. The number of ether oxygens (including phenoxy) is 1. The number of esters is 1. The molecule has 1 aliphatic rings. The van der Waals surface area contributed by atoms with Crippen molar-refractivity contribution < 1.29 is 9.53 Å². The molecule has 0 saturated carbocycles. The van der Waals surface area contributed by atoms with Crippen molar-refractivity contribution in [2.24, 2.45) is 0 Å². The molecular formula is C20H17BrN4O2. The molecule has 4 rings (SSSR count). The van der Waals surface area contributed by atoms with Gasteiger partial charge in [-0.15, -0.1) is 0 Å². The van der Waals surface area contributed by atoms with Crippen molar-refractivity contribution in [1.29, 1.82) is 0 Å². The Balaban J connectivity index is 1.95. The summed E-state index contributed by atoms with van der Waals surface area (Å²) in [5.74, 6) is 0.202. The highest BCUT2D eigenvalue weighted by Gasteiger charge is 2.36. The van der Waals surface area contributed by atoms with Gasteiger partial charge in [-0.3, -0.25) is 0 Å². The summed E-state index contributed by atoms with van der Waals surface area (Å²) in [5.41, 5.74) is 2.99. The molecule has 0 fully saturated rings. The first-order valence-corrected chi connectivity index (χ1v) is 9.37. The molecule has 0 radical (unpaired) electrons. The Kier molecular flexibility index (Phi) is 4.77. The summed E-state index contributed by atoms with van der Waals surface area (Å²) in [7, 11) is 0. The minimum atomic E-state index is -0.439. The highest BCUT2D eigenvalue weighted by Crippen LogP contribution is 2.38. The van der Waals surface area contributed by atoms with Crippen LogP contribution in [0.4, 0.5) is 5.95 Å². The number of halogens is 1. The molecule has 136 valence electrons. The molecule has 1 aliphatic heterocycles. The monoisotopic (exact) mass is 424 g/mol. The SMILES string of the molecule is CCOC(=O)C1=C(c2ccccc2)Nc2ncnn2[C@@H]1c1ccc(Br)cc1. The first-order chi connectivity index (χ1) is 13.2. The third kappa shape index (κ3) is 3.26. The van der Waals surface area contributed by atoms with Crippen molar-refractivity contribution >= 4 is 33.5 Å². The van der Waals surface area contributed by atoms with E-state index in [9.17, 15) is 4.79 Å². The second-order valence-corrected chi connectivity index (χ2v) is 6.90. The normalized spacial score (nSPS) is 15.9. The number of fused-ring (bicyclic) bond motifs is 1. The molecule has 0 saturated heterocycles. The fourth-order valence-electron chi connectivity index (χ4n) is 3.17. The minimum Gasteiger partial charge on any atom is -0.463 e. The molecule has 3 aromatic rings. The molecule has 1 atom stereocenters. The number of carbonyl (C=O) groups excluding carboxylic acids is 1. The Morgan fingerprint density at radius 3 is 2.63 bits per heavy atom. The van der Waals surface area contributed by atoms with E-state index < -0.39 is 6.04 Å². The van der Waals surface area contributed by atoms with Crippen LogP contribution in [0.5, 0.6) is 0 Å². The van der Waals surface area contributed by atoms with Crippen molar-refractivity contribution in [2.45, 2.75) is 13.0 Å². The lowest BCUT2D eigenvalue weighted by molar-refractivity contribution is -0.138. The van der Waals surface area contributed by atoms with Crippen LogP contribution in [-0.4, -0.2) is 27.3 Å². The second kappa shape index (κ2) is 7.36. The predicted octanol–water partition coefficient (Wildman–Crippen LogP) is 4.03. The van der Waals surface area contributed by atoms with Crippen LogP contribution in [0.25, 0.3) is 5.70 Å². The van der Waals surface area contributed by atoms with Crippen LogP contribution in [0, 0.1) is 0 Å². The van der Waals surface area contributed by atoms with Gasteiger partial charge in [0, 0.05) is 4.47 Å². The lowest BCUT2D eigenvalue weighted by Gasteiger charge is -2.29. The molecule has 0 unspecified atom stereocenters. The van der Waals surface area contributed by atoms with Crippen LogP contribution < -0.4 is 5.32 Å². The van der Waals surface area contributed by atoms with Crippen LogP contribution in [0.3, 0.4) is 0 Å². The molecule has 0 aliphatic carbocycles. The van der Waals surface area contributed by atoms with Gasteiger partial charge in [-0.2, -0.15) is 10.1 Å². The van der Waals surface area contributed by atoms with E-state index in [1.807, 2.05) is 54.6 Å². The van der Waals surface area contributed by atoms with Crippen LogP contribution in [0.1, 0.15) is 24.1 Å². The molecule has 1 aromatic heterocycles. The van der Waals surface area contributed by atoms with Crippen LogP contribution in [0.15, 0.2) is 71.0 Å². The van der Waals surface area contributed by atoms with Gasteiger partial charge >= 0.3 is 5.97 Å². The quantitative estimate of drug-likeness (QED) is 0.640. The second-order valence-electron chi connectivity index (χ2n) is 5.98. The van der Waals surface area contributed by atoms with Crippen LogP contribution >= 0.6 is 15.9 Å². The maximum atomic E-state index is 13.0. The van der Waals surface area contributed by atoms with E-state index in [1.54, 1.807) is 11.6 Å². The summed E-state index contributed by atoms with van der Waals surface area (Å²) < 4.78 is 8.06. The smallest absolute Gasteiger partial charge is 0.338 e. The van der Waals surface area contributed by atoms with Gasteiger partial charge in [0.1, 0.15) is 12.4 Å². The largest absolute Gasteiger partial charge is 0.463 e. The number of aromatic nitrogens is 3. The highest BCUT2D eigenvalue weighted by molar-refractivity contribution is 9.10. The van der Waals surface area contributed by atoms with Gasteiger partial charge in [-0.05, 0) is 30.2 Å². The van der Waals surface area contributed by atoms with Gasteiger partial charge in [0.25, 0.3) is 0 Å². The number of nitrogens with one attached hydrogen (secondary N) is 1. The Morgan fingerprint density at radius 1 is 1.19 bits per heavy atom. The Hall–Kier alpha value is -2.93. The molecule has 2 aromatic carbocycles. The molecule has 6 nitrogen and oxygen atoms in total. The average Bonchev–Trinajstić information content (AvgIpc) is 3.16. The van der Waals surface area contributed by atoms with E-state index in [2.05, 4.69) is 31.3 Å². The van der Waals surface area contributed by atoms with E-state index in [0.717, 1.165) is 15.6 Å². The number of nitrogens with zero attached hydrogens (tertiary/aromatic N) is 3. The van der Waals surface area contributed by atoms with Crippen molar-refractivity contribution in [3.8, 4) is 0 Å². The van der Waals surface area contributed by atoms with Crippen molar-refractivity contribution in [3.63, 3.8) is 0 Å². The zero-order valence-electron chi connectivity index (χ0n) is 14.6. The highest BCUT2D eigenvalue weighted by atomic mass is 79.9. The molecule has 0 bridgehead atoms. The average molecular weight is 425 g/mol. The summed E-state index contributed by atoms with van der Waals surface area (Å²) >= 11 is 3.46. The third-order valence-electron chi connectivity index (χ3n) is 4.34. The number of benzene rings is 2. The molecule has 7 heteroatoms. The lowest BCUT2D eigenvalue weighted by Crippen LogP contribution is -2.30. The summed E-state index contributed by atoms with van der Waals surface area (Å²) in [6, 6.07) is 17.1. The van der Waals surface area contributed by atoms with E-state index >= 15 is 0 Å². The fourth-order valence-corrected chi connectivity index (χ4v) is 3.44. The molecular weight excluding hydrogens is 408 g/mol. The van der Waals surface area contributed by atoms with Gasteiger partial charge < -0.3 is 10.1 Å². The van der Waals surface area contributed by atoms with Crippen LogP contribution in [0.2, 0.25) is 0 Å². The Morgan fingerprint density at radius 2 is 1.93 bits per heavy atom. The molecule has 27 heavy (non-hydrogen) atoms. The van der Waals surface area contributed by atoms with Gasteiger partial charge in [-0.1, -0.05) is 58.4 Å². The van der Waals surface area contributed by atoms with E-state index in [0.29, 0.717) is 23.8 Å². The molecule has 0 amide bonds. The number of hydrogen-bond donors (Lipinski definition) is 1. The summed E-state index contributed by atoms with van der Waals surface area (Å²) in [6.07, 6.45) is 1.48. The van der Waals surface area contributed by atoms with E-state index in [4.69, 9.17) is 4.74 Å². The Bertz CT molecular complexity index is 996. The fraction of sp³-hybridized carbons (Fsp3) is 0.150. The van der Waals surface area contributed by atoms with Crippen LogP contribution in [-0.2, 0) is 9.53 Å². The predicted molar refractivity (Wildman–Crippen MR) is 106 cm³/mol. The van der Waals surface area contributed by atoms with E-state index in [-0.39, 0.29) is 5.97 Å². The first-order valence-electron chi connectivity index (χ1n) is 8.57. The first kappa shape index (κ1) is 17.5. The zero-order chi connectivity index (χ0) is 18.8. The van der Waals surface area contributed by atoms with Gasteiger partial charge in [-0.25, -0.2) is 9.48 Å². The topological polar surface area (TPSA) is 69.0 Å². The summed E-state index contributed by atoms with van der Waals surface area (Å²) in [4.78, 5) is 17.3. The minimum absolute atomic E-state index is 0.293. The molecule has 1 N–H and O–H groups in total. The third-order valence-corrected chi connectivity index (χ3v) is 4.87. The Labute approximate surface area is 165 Å². The van der Waals surface area contributed by atoms with Crippen molar-refractivity contribution in [3.05, 3.63) is 82.1 Å². The molecule has 2 heterocycles. The molecule has 0 spiro atoms. The van der Waals surface area contributed by atoms with Gasteiger partial charge in [0.2, 0.25) is 5.95 Å². The number of carbonyl (C=O) groups is 1. The maximum absolute atomic E-state index is 13.0. The summed E-state index contributed by atoms with van der Waals surface area (Å²) in [6.45, 7) is 2.09. The van der Waals surface area contributed by atoms with Crippen molar-refractivity contribution in [2.75, 3.05) is 11.9 Å². The van der Waals surface area contributed by atoms with E-state index in [1.165, 1.54) is 6.33 Å². The van der Waals surface area contributed by atoms with Gasteiger partial charge in [0.05, 0.1) is 17.9 Å². The van der Waals surface area contributed by atoms with Crippen molar-refractivity contribution in [1.82, 2.24) is 14.8 Å². The standard InChI is InChI=1S/C20H17BrN4O2/c1-2-27-19(26)16-17(13-6-4-3-5-7-13)24-20-22-12-23-25(20)18(16)14-8-10-15(21)11-9-14/h3-12,18H,2H2,1H3,(H,22,23,24)/t18-/m1/s1.